The predicted octanol–water partition coefficient (Wildman–Crippen LogP) is 1.97. The Balaban J connectivity index is 1.78. The van der Waals surface area contributed by atoms with E-state index < -0.39 is 0 Å². The fourth-order valence-corrected chi connectivity index (χ4v) is 2.82. The van der Waals surface area contributed by atoms with Crippen LogP contribution in [0.3, 0.4) is 0 Å². The highest BCUT2D eigenvalue weighted by Crippen LogP contribution is 2.30. The highest BCUT2D eigenvalue weighted by Gasteiger charge is 2.30. The summed E-state index contributed by atoms with van der Waals surface area (Å²) in [6, 6.07) is 8.74. The molecule has 0 aromatic heterocycles. The number of hydrogen-bond acceptors (Lipinski definition) is 3. The summed E-state index contributed by atoms with van der Waals surface area (Å²) in [7, 11) is 0. The van der Waals surface area contributed by atoms with Crippen LogP contribution in [0.2, 0.25) is 0 Å². The summed E-state index contributed by atoms with van der Waals surface area (Å²) in [5.41, 5.74) is 2.78. The second-order valence-electron chi connectivity index (χ2n) is 4.82. The first-order valence-electron chi connectivity index (χ1n) is 6.35. The number of carbonyl (C=O) groups excluding carboxylic acids is 1. The van der Waals surface area contributed by atoms with Crippen molar-refractivity contribution in [2.75, 3.05) is 6.61 Å². The van der Waals surface area contributed by atoms with E-state index in [1.54, 1.807) is 0 Å². The molecule has 3 nitrogen and oxygen atoms in total. The van der Waals surface area contributed by atoms with E-state index in [0.717, 1.165) is 19.3 Å². The average Bonchev–Trinajstić information content (AvgIpc) is 2.76. The Kier molecular flexibility index (Phi) is 2.85. The van der Waals surface area contributed by atoms with Gasteiger partial charge in [-0.3, -0.25) is 10.1 Å². The van der Waals surface area contributed by atoms with Gasteiger partial charge < -0.3 is 4.74 Å². The maximum atomic E-state index is 11.5. The number of cyclic esters (lactones) is 1. The van der Waals surface area contributed by atoms with Crippen LogP contribution < -0.4 is 5.32 Å². The molecule has 2 atom stereocenters. The van der Waals surface area contributed by atoms with Gasteiger partial charge in [-0.25, -0.2) is 0 Å². The minimum Gasteiger partial charge on any atom is -0.464 e. The van der Waals surface area contributed by atoms with Crippen LogP contribution in [0.5, 0.6) is 0 Å². The summed E-state index contributed by atoms with van der Waals surface area (Å²) in [6.07, 6.45) is 4.26. The molecule has 2 aliphatic rings. The molecule has 17 heavy (non-hydrogen) atoms. The number of esters is 1. The highest BCUT2D eigenvalue weighted by molar-refractivity contribution is 5.77. The van der Waals surface area contributed by atoms with Gasteiger partial charge >= 0.3 is 5.97 Å². The third-order valence-electron chi connectivity index (χ3n) is 3.71. The minimum atomic E-state index is -0.105. The smallest absolute Gasteiger partial charge is 0.323 e. The number of benzene rings is 1. The summed E-state index contributed by atoms with van der Waals surface area (Å²) in [6.45, 7) is 0.560. The first-order valence-corrected chi connectivity index (χ1v) is 6.35. The Morgan fingerprint density at radius 1 is 1.18 bits per heavy atom. The zero-order valence-electron chi connectivity index (χ0n) is 9.82. The van der Waals surface area contributed by atoms with E-state index in [1.807, 2.05) is 0 Å². The van der Waals surface area contributed by atoms with E-state index in [9.17, 15) is 4.79 Å². The molecule has 1 aliphatic heterocycles. The van der Waals surface area contributed by atoms with Crippen molar-refractivity contribution in [3.8, 4) is 0 Å². The van der Waals surface area contributed by atoms with Gasteiger partial charge in [0, 0.05) is 12.5 Å². The van der Waals surface area contributed by atoms with Crippen LogP contribution in [0, 0.1) is 0 Å². The molecule has 0 amide bonds. The van der Waals surface area contributed by atoms with Crippen molar-refractivity contribution >= 4 is 5.97 Å². The molecule has 0 bridgehead atoms. The summed E-state index contributed by atoms with van der Waals surface area (Å²) in [5, 5.41) is 3.45. The van der Waals surface area contributed by atoms with Gasteiger partial charge in [0.1, 0.15) is 6.04 Å². The molecule has 3 heteroatoms. The standard InChI is InChI=1S/C14H17NO2/c16-14-13(8-9-17-14)15-12-7-3-5-10-4-1-2-6-11(10)12/h1-2,4,6,12-13,15H,3,5,7-9H2. The third-order valence-corrected chi connectivity index (χ3v) is 3.71. The number of ether oxygens (including phenoxy) is 1. The van der Waals surface area contributed by atoms with E-state index in [-0.39, 0.29) is 12.0 Å². The summed E-state index contributed by atoms with van der Waals surface area (Å²) in [5.74, 6) is -0.0898. The molecule has 1 fully saturated rings. The molecule has 1 aromatic rings. The lowest BCUT2D eigenvalue weighted by Crippen LogP contribution is -2.37. The molecule has 3 rings (SSSR count). The van der Waals surface area contributed by atoms with Crippen LogP contribution in [0.15, 0.2) is 24.3 Å². The third kappa shape index (κ3) is 2.07. The second-order valence-corrected chi connectivity index (χ2v) is 4.82. The molecule has 0 radical (unpaired) electrons. The summed E-state index contributed by atoms with van der Waals surface area (Å²) >= 11 is 0. The van der Waals surface area contributed by atoms with Crippen molar-refractivity contribution in [3.63, 3.8) is 0 Å². The van der Waals surface area contributed by atoms with Crippen LogP contribution in [0.25, 0.3) is 0 Å². The topological polar surface area (TPSA) is 38.3 Å². The van der Waals surface area contributed by atoms with E-state index >= 15 is 0 Å². The van der Waals surface area contributed by atoms with E-state index in [0.29, 0.717) is 12.6 Å². The zero-order chi connectivity index (χ0) is 11.7. The van der Waals surface area contributed by atoms with Crippen molar-refractivity contribution in [1.29, 1.82) is 0 Å². The van der Waals surface area contributed by atoms with Gasteiger partial charge in [0.05, 0.1) is 6.61 Å². The maximum absolute atomic E-state index is 11.5. The van der Waals surface area contributed by atoms with Crippen LogP contribution in [0.1, 0.15) is 36.4 Å². The normalized spacial score (nSPS) is 27.6. The molecule has 90 valence electrons. The Morgan fingerprint density at radius 2 is 2.06 bits per heavy atom. The van der Waals surface area contributed by atoms with Crippen LogP contribution in [-0.4, -0.2) is 18.6 Å². The molecule has 1 heterocycles. The second kappa shape index (κ2) is 4.49. The van der Waals surface area contributed by atoms with Crippen LogP contribution in [0.4, 0.5) is 0 Å². The van der Waals surface area contributed by atoms with Gasteiger partial charge in [-0.1, -0.05) is 24.3 Å². The SMILES string of the molecule is O=C1OCCC1NC1CCCc2ccccc21. The first kappa shape index (κ1) is 10.8. The van der Waals surface area contributed by atoms with E-state index in [1.165, 1.54) is 17.5 Å². The lowest BCUT2D eigenvalue weighted by atomic mass is 9.87. The Bertz CT molecular complexity index is 430. The number of carbonyl (C=O) groups is 1. The number of aryl methyl sites for hydroxylation is 1. The number of fused-ring (bicyclic) bond motifs is 1. The van der Waals surface area contributed by atoms with Crippen molar-refractivity contribution < 1.29 is 9.53 Å². The van der Waals surface area contributed by atoms with Crippen molar-refractivity contribution in [1.82, 2.24) is 5.32 Å². The highest BCUT2D eigenvalue weighted by atomic mass is 16.5. The monoisotopic (exact) mass is 231 g/mol. The van der Waals surface area contributed by atoms with Gasteiger partial charge in [0.2, 0.25) is 0 Å². The fraction of sp³-hybridized carbons (Fsp3) is 0.500. The Labute approximate surface area is 101 Å². The largest absolute Gasteiger partial charge is 0.464 e. The van der Waals surface area contributed by atoms with Crippen LogP contribution in [-0.2, 0) is 16.0 Å². The van der Waals surface area contributed by atoms with E-state index in [2.05, 4.69) is 29.6 Å². The van der Waals surface area contributed by atoms with Crippen molar-refractivity contribution in [2.24, 2.45) is 0 Å². The lowest BCUT2D eigenvalue weighted by Gasteiger charge is -2.27. The fourth-order valence-electron chi connectivity index (χ4n) is 2.82. The molecule has 0 saturated carbocycles. The molecule has 0 spiro atoms. The van der Waals surface area contributed by atoms with Gasteiger partial charge in [-0.05, 0) is 30.4 Å². The van der Waals surface area contributed by atoms with Gasteiger partial charge in [0.25, 0.3) is 0 Å². The molecule has 1 aromatic carbocycles. The minimum absolute atomic E-state index is 0.0898. The predicted molar refractivity (Wildman–Crippen MR) is 64.6 cm³/mol. The zero-order valence-corrected chi connectivity index (χ0v) is 9.82. The average molecular weight is 231 g/mol. The number of hydrogen-bond donors (Lipinski definition) is 1. The lowest BCUT2D eigenvalue weighted by molar-refractivity contribution is -0.139. The van der Waals surface area contributed by atoms with Gasteiger partial charge in [-0.2, -0.15) is 0 Å². The molecular weight excluding hydrogens is 214 g/mol. The van der Waals surface area contributed by atoms with Crippen molar-refractivity contribution in [3.05, 3.63) is 35.4 Å². The van der Waals surface area contributed by atoms with Crippen LogP contribution >= 0.6 is 0 Å². The summed E-state index contributed by atoms with van der Waals surface area (Å²) in [4.78, 5) is 11.5. The molecule has 1 N–H and O–H groups in total. The molecular formula is C14H17NO2. The Hall–Kier alpha value is -1.35. The molecule has 1 aliphatic carbocycles. The molecule has 2 unspecified atom stereocenters. The molecule has 1 saturated heterocycles. The van der Waals surface area contributed by atoms with Gasteiger partial charge in [-0.15, -0.1) is 0 Å². The first-order chi connectivity index (χ1) is 8.34. The van der Waals surface area contributed by atoms with Crippen molar-refractivity contribution in [2.45, 2.75) is 37.8 Å². The maximum Gasteiger partial charge on any atom is 0.323 e. The Morgan fingerprint density at radius 3 is 2.88 bits per heavy atom. The van der Waals surface area contributed by atoms with E-state index in [4.69, 9.17) is 4.74 Å². The van der Waals surface area contributed by atoms with Gasteiger partial charge in [0.15, 0.2) is 0 Å². The summed E-state index contributed by atoms with van der Waals surface area (Å²) < 4.78 is 4.99. The quantitative estimate of drug-likeness (QED) is 0.791. The number of nitrogens with one attached hydrogen (secondary N) is 1. The number of rotatable bonds is 2.